The highest BCUT2D eigenvalue weighted by molar-refractivity contribution is 6.32. The number of benzene rings is 1. The number of tetrazole rings is 1. The molecule has 0 unspecified atom stereocenters. The van der Waals surface area contributed by atoms with Crippen molar-refractivity contribution in [3.8, 4) is 17.2 Å². The summed E-state index contributed by atoms with van der Waals surface area (Å²) in [6.45, 7) is 4.93. The Balaban J connectivity index is 1.51. The Bertz CT molecular complexity index is 1370. The Hall–Kier alpha value is -3.52. The first-order valence-corrected chi connectivity index (χ1v) is 11.0. The normalized spacial score (nSPS) is 11.5. The minimum atomic E-state index is 0.516. The minimum Gasteiger partial charge on any atom is -0.312 e. The number of H-pyrrole nitrogens is 1. The van der Waals surface area contributed by atoms with Gasteiger partial charge in [0.25, 0.3) is 0 Å². The first-order chi connectivity index (χ1) is 15.7. The molecule has 8 nitrogen and oxygen atoms in total. The average Bonchev–Trinajstić information content (AvgIpc) is 3.53. The predicted molar refractivity (Wildman–Crippen MR) is 124 cm³/mol. The summed E-state index contributed by atoms with van der Waals surface area (Å²) in [5.74, 6) is 1.58. The van der Waals surface area contributed by atoms with E-state index in [0.717, 1.165) is 58.8 Å². The maximum absolute atomic E-state index is 6.74. The summed E-state index contributed by atoms with van der Waals surface area (Å²) >= 11 is 6.74. The summed E-state index contributed by atoms with van der Waals surface area (Å²) in [6, 6.07) is 12.0. The molecule has 162 valence electrons. The molecular formula is C23H23ClN8. The molecule has 0 aliphatic carbocycles. The molecule has 4 aromatic heterocycles. The summed E-state index contributed by atoms with van der Waals surface area (Å²) in [5.41, 5.74) is 5.79. The standard InChI is InChI=1S/C23H23ClN8/c1-3-4-7-20-26-21-15(2)10-11-25-23(21)32(20)14-16-8-9-18(17(24)13-16)31-12-5-6-19(31)22-27-29-30-28-22/h5-6,8-13H,3-4,7,14H2,1-2H3,(H,27,28,29,30). The third-order valence-electron chi connectivity index (χ3n) is 5.60. The minimum absolute atomic E-state index is 0.516. The van der Waals surface area contributed by atoms with Gasteiger partial charge in [-0.25, -0.2) is 9.97 Å². The molecule has 0 spiro atoms. The van der Waals surface area contributed by atoms with Crippen molar-refractivity contribution >= 4 is 22.8 Å². The topological polar surface area (TPSA) is 90.1 Å². The van der Waals surface area contributed by atoms with E-state index >= 15 is 0 Å². The molecule has 0 bridgehead atoms. The number of fused-ring (bicyclic) bond motifs is 1. The van der Waals surface area contributed by atoms with E-state index in [-0.39, 0.29) is 0 Å². The predicted octanol–water partition coefficient (Wildman–Crippen LogP) is 4.75. The van der Waals surface area contributed by atoms with E-state index in [9.17, 15) is 0 Å². The molecule has 0 saturated heterocycles. The molecule has 0 aliphatic heterocycles. The SMILES string of the molecule is CCCCc1nc2c(C)ccnc2n1Cc1ccc(-n2cccc2-c2nn[nH]n2)c(Cl)c1. The summed E-state index contributed by atoms with van der Waals surface area (Å²) in [6.07, 6.45) is 6.92. The molecule has 0 saturated carbocycles. The highest BCUT2D eigenvalue weighted by Crippen LogP contribution is 2.28. The van der Waals surface area contributed by atoms with Crippen LogP contribution in [0.15, 0.2) is 48.8 Å². The quantitative estimate of drug-likeness (QED) is 0.389. The zero-order valence-corrected chi connectivity index (χ0v) is 18.7. The van der Waals surface area contributed by atoms with Gasteiger partial charge in [-0.2, -0.15) is 5.21 Å². The molecule has 9 heteroatoms. The van der Waals surface area contributed by atoms with Crippen LogP contribution in [0.3, 0.4) is 0 Å². The van der Waals surface area contributed by atoms with Crippen LogP contribution in [0.1, 0.15) is 36.7 Å². The van der Waals surface area contributed by atoms with Gasteiger partial charge in [0.15, 0.2) is 5.65 Å². The van der Waals surface area contributed by atoms with Gasteiger partial charge in [-0.05, 0) is 60.0 Å². The monoisotopic (exact) mass is 446 g/mol. The number of pyridine rings is 1. The fourth-order valence-electron chi connectivity index (χ4n) is 3.95. The van der Waals surface area contributed by atoms with Crippen molar-refractivity contribution in [2.24, 2.45) is 0 Å². The van der Waals surface area contributed by atoms with Crippen molar-refractivity contribution in [3.63, 3.8) is 0 Å². The summed E-state index contributed by atoms with van der Waals surface area (Å²) in [4.78, 5) is 9.54. The lowest BCUT2D eigenvalue weighted by Crippen LogP contribution is -2.07. The van der Waals surface area contributed by atoms with Crippen LogP contribution in [-0.2, 0) is 13.0 Å². The lowest BCUT2D eigenvalue weighted by molar-refractivity contribution is 0.686. The number of nitrogens with one attached hydrogen (secondary N) is 1. The van der Waals surface area contributed by atoms with Crippen molar-refractivity contribution in [1.82, 2.24) is 39.7 Å². The molecule has 1 aromatic carbocycles. The lowest BCUT2D eigenvalue weighted by atomic mass is 10.2. The van der Waals surface area contributed by atoms with E-state index in [4.69, 9.17) is 16.6 Å². The molecule has 5 rings (SSSR count). The average molecular weight is 447 g/mol. The van der Waals surface area contributed by atoms with Crippen molar-refractivity contribution in [1.29, 1.82) is 0 Å². The fourth-order valence-corrected chi connectivity index (χ4v) is 4.24. The van der Waals surface area contributed by atoms with E-state index in [1.54, 1.807) is 0 Å². The smallest absolute Gasteiger partial charge is 0.221 e. The number of hydrogen-bond acceptors (Lipinski definition) is 5. The molecule has 0 aliphatic rings. The molecule has 4 heterocycles. The van der Waals surface area contributed by atoms with Crippen LogP contribution < -0.4 is 0 Å². The first-order valence-electron chi connectivity index (χ1n) is 10.7. The largest absolute Gasteiger partial charge is 0.312 e. The van der Waals surface area contributed by atoms with Crippen molar-refractivity contribution in [2.45, 2.75) is 39.7 Å². The maximum atomic E-state index is 6.74. The lowest BCUT2D eigenvalue weighted by Gasteiger charge is -2.13. The van der Waals surface area contributed by atoms with E-state index in [1.165, 1.54) is 0 Å². The van der Waals surface area contributed by atoms with Crippen molar-refractivity contribution < 1.29 is 0 Å². The second-order valence-corrected chi connectivity index (χ2v) is 8.21. The van der Waals surface area contributed by atoms with Gasteiger partial charge in [-0.1, -0.05) is 31.0 Å². The fraction of sp³-hybridized carbons (Fsp3) is 0.261. The molecule has 5 aromatic rings. The molecule has 0 amide bonds. The third kappa shape index (κ3) is 3.67. The van der Waals surface area contributed by atoms with Crippen LogP contribution >= 0.6 is 11.6 Å². The van der Waals surface area contributed by atoms with Gasteiger partial charge < -0.3 is 9.13 Å². The molecule has 0 fully saturated rings. The van der Waals surface area contributed by atoms with E-state index < -0.39 is 0 Å². The first kappa shape index (κ1) is 20.4. The number of unbranched alkanes of at least 4 members (excludes halogenated alkanes) is 1. The molecular weight excluding hydrogens is 424 g/mol. The Labute approximate surface area is 190 Å². The Morgan fingerprint density at radius 3 is 2.84 bits per heavy atom. The number of imidazole rings is 1. The maximum Gasteiger partial charge on any atom is 0.221 e. The zero-order chi connectivity index (χ0) is 22.1. The number of halogens is 1. The highest BCUT2D eigenvalue weighted by atomic mass is 35.5. The van der Waals surface area contributed by atoms with Crippen LogP contribution in [-0.4, -0.2) is 39.7 Å². The number of nitrogens with zero attached hydrogens (tertiary/aromatic N) is 7. The highest BCUT2D eigenvalue weighted by Gasteiger charge is 2.16. The van der Waals surface area contributed by atoms with E-state index in [1.807, 2.05) is 47.3 Å². The molecule has 0 radical (unpaired) electrons. The Morgan fingerprint density at radius 1 is 1.16 bits per heavy atom. The zero-order valence-electron chi connectivity index (χ0n) is 18.0. The van der Waals surface area contributed by atoms with Gasteiger partial charge in [0.05, 0.1) is 22.9 Å². The summed E-state index contributed by atoms with van der Waals surface area (Å²) in [7, 11) is 0. The molecule has 32 heavy (non-hydrogen) atoms. The van der Waals surface area contributed by atoms with Crippen LogP contribution in [0.5, 0.6) is 0 Å². The third-order valence-corrected chi connectivity index (χ3v) is 5.91. The number of aromatic nitrogens is 8. The summed E-state index contributed by atoms with van der Waals surface area (Å²) < 4.78 is 4.17. The number of aryl methyl sites for hydroxylation is 2. The number of hydrogen-bond donors (Lipinski definition) is 1. The van der Waals surface area contributed by atoms with Gasteiger partial charge >= 0.3 is 0 Å². The van der Waals surface area contributed by atoms with Gasteiger partial charge in [-0.3, -0.25) is 0 Å². The van der Waals surface area contributed by atoms with Crippen LogP contribution in [0.2, 0.25) is 5.02 Å². The van der Waals surface area contributed by atoms with E-state index in [0.29, 0.717) is 17.4 Å². The van der Waals surface area contributed by atoms with E-state index in [2.05, 4.69) is 50.1 Å². The second-order valence-electron chi connectivity index (χ2n) is 7.80. The van der Waals surface area contributed by atoms with Gasteiger partial charge in [-0.15, -0.1) is 10.2 Å². The number of rotatable bonds is 7. The van der Waals surface area contributed by atoms with Crippen LogP contribution in [0.25, 0.3) is 28.4 Å². The Morgan fingerprint density at radius 2 is 2.06 bits per heavy atom. The van der Waals surface area contributed by atoms with Crippen LogP contribution in [0.4, 0.5) is 0 Å². The second kappa shape index (κ2) is 8.55. The van der Waals surface area contributed by atoms with Gasteiger partial charge in [0.2, 0.25) is 5.82 Å². The van der Waals surface area contributed by atoms with Crippen molar-refractivity contribution in [3.05, 3.63) is 70.8 Å². The van der Waals surface area contributed by atoms with Crippen LogP contribution in [0, 0.1) is 6.92 Å². The summed E-state index contributed by atoms with van der Waals surface area (Å²) in [5, 5.41) is 15.0. The molecule has 0 atom stereocenters. The van der Waals surface area contributed by atoms with Gasteiger partial charge in [0, 0.05) is 18.8 Å². The number of aromatic amines is 1. The molecule has 1 N–H and O–H groups in total. The van der Waals surface area contributed by atoms with Crippen molar-refractivity contribution in [2.75, 3.05) is 0 Å². The van der Waals surface area contributed by atoms with Gasteiger partial charge in [0.1, 0.15) is 11.3 Å². The Kier molecular flexibility index (Phi) is 5.45.